The molecule has 1 aliphatic heterocycles. The van der Waals surface area contributed by atoms with E-state index in [2.05, 4.69) is 5.32 Å². The van der Waals surface area contributed by atoms with Crippen molar-refractivity contribution in [1.29, 1.82) is 0 Å². The van der Waals surface area contributed by atoms with E-state index in [0.29, 0.717) is 19.5 Å². The molecule has 2 amide bonds. The van der Waals surface area contributed by atoms with E-state index in [4.69, 9.17) is 0 Å². The van der Waals surface area contributed by atoms with Gasteiger partial charge in [-0.3, -0.25) is 9.59 Å². The van der Waals surface area contributed by atoms with E-state index in [1.807, 2.05) is 6.07 Å². The first-order chi connectivity index (χ1) is 9.15. The summed E-state index contributed by atoms with van der Waals surface area (Å²) in [6, 6.07) is 6.30. The summed E-state index contributed by atoms with van der Waals surface area (Å²) in [6.07, 6.45) is 0.576. The molecule has 1 aliphatic rings. The fraction of sp³-hybridized carbons (Fsp3) is 0.385. The highest BCUT2D eigenvalue weighted by molar-refractivity contribution is 8.13. The van der Waals surface area contributed by atoms with Crippen molar-refractivity contribution in [2.24, 2.45) is 0 Å². The van der Waals surface area contributed by atoms with E-state index in [1.165, 1.54) is 28.8 Å². The average Bonchev–Trinajstić information content (AvgIpc) is 2.75. The first-order valence-electron chi connectivity index (χ1n) is 6.08. The van der Waals surface area contributed by atoms with E-state index in [0.717, 1.165) is 11.3 Å². The number of halogens is 1. The van der Waals surface area contributed by atoms with Crippen molar-refractivity contribution < 1.29 is 14.0 Å². The average molecular weight is 282 g/mol. The van der Waals surface area contributed by atoms with Gasteiger partial charge < -0.3 is 10.2 Å². The van der Waals surface area contributed by atoms with Crippen molar-refractivity contribution in [2.75, 3.05) is 25.4 Å². The standard InChI is InChI=1S/C13H15FN2O2S/c14-11-3-1-2-10(8-11)4-5-15-12(17)9-16-6-7-19-13(16)18/h1-3,8H,4-7,9H2,(H,15,17). The molecule has 1 N–H and O–H groups in total. The SMILES string of the molecule is O=C(CN1CCSC1=O)NCCc1cccc(F)c1. The first kappa shape index (κ1) is 13.9. The van der Waals surface area contributed by atoms with Crippen LogP contribution in [0.5, 0.6) is 0 Å². The summed E-state index contributed by atoms with van der Waals surface area (Å²) < 4.78 is 12.9. The molecule has 1 aromatic rings. The lowest BCUT2D eigenvalue weighted by Crippen LogP contribution is -2.38. The van der Waals surface area contributed by atoms with Gasteiger partial charge in [-0.05, 0) is 24.1 Å². The Morgan fingerprint density at radius 2 is 2.32 bits per heavy atom. The van der Waals surface area contributed by atoms with Gasteiger partial charge in [-0.1, -0.05) is 23.9 Å². The number of carbonyl (C=O) groups is 2. The molecule has 19 heavy (non-hydrogen) atoms. The van der Waals surface area contributed by atoms with Gasteiger partial charge in [0.1, 0.15) is 12.4 Å². The van der Waals surface area contributed by atoms with E-state index < -0.39 is 0 Å². The van der Waals surface area contributed by atoms with Crippen LogP contribution in [0.4, 0.5) is 9.18 Å². The maximum Gasteiger partial charge on any atom is 0.282 e. The second-order valence-corrected chi connectivity index (χ2v) is 5.31. The summed E-state index contributed by atoms with van der Waals surface area (Å²) in [5, 5.41) is 2.69. The minimum atomic E-state index is -0.275. The fourth-order valence-electron chi connectivity index (χ4n) is 1.84. The van der Waals surface area contributed by atoms with Crippen LogP contribution in [-0.4, -0.2) is 41.4 Å². The zero-order valence-corrected chi connectivity index (χ0v) is 11.2. The van der Waals surface area contributed by atoms with Crippen molar-refractivity contribution in [2.45, 2.75) is 6.42 Å². The molecule has 4 nitrogen and oxygen atoms in total. The Morgan fingerprint density at radius 1 is 1.47 bits per heavy atom. The minimum Gasteiger partial charge on any atom is -0.354 e. The monoisotopic (exact) mass is 282 g/mol. The molecule has 0 bridgehead atoms. The van der Waals surface area contributed by atoms with Crippen LogP contribution in [0.3, 0.4) is 0 Å². The molecule has 0 aliphatic carbocycles. The summed E-state index contributed by atoms with van der Waals surface area (Å²) in [5.41, 5.74) is 0.841. The lowest BCUT2D eigenvalue weighted by atomic mass is 10.1. The van der Waals surface area contributed by atoms with Crippen LogP contribution < -0.4 is 5.32 Å². The summed E-state index contributed by atoms with van der Waals surface area (Å²) >= 11 is 1.23. The molecular formula is C13H15FN2O2S. The van der Waals surface area contributed by atoms with Gasteiger partial charge in [-0.15, -0.1) is 0 Å². The van der Waals surface area contributed by atoms with Crippen LogP contribution in [0, 0.1) is 5.82 Å². The number of hydrogen-bond donors (Lipinski definition) is 1. The Balaban J connectivity index is 1.70. The first-order valence-corrected chi connectivity index (χ1v) is 7.06. The van der Waals surface area contributed by atoms with E-state index >= 15 is 0 Å². The lowest BCUT2D eigenvalue weighted by molar-refractivity contribution is -0.121. The molecule has 1 saturated heterocycles. The third kappa shape index (κ3) is 4.24. The van der Waals surface area contributed by atoms with Gasteiger partial charge in [0.15, 0.2) is 0 Å². The van der Waals surface area contributed by atoms with Gasteiger partial charge in [0.2, 0.25) is 5.91 Å². The Morgan fingerprint density at radius 3 is 3.00 bits per heavy atom. The van der Waals surface area contributed by atoms with Gasteiger partial charge in [0.05, 0.1) is 0 Å². The number of amides is 2. The van der Waals surface area contributed by atoms with Crippen LogP contribution in [0.2, 0.25) is 0 Å². The topological polar surface area (TPSA) is 49.4 Å². The maximum atomic E-state index is 12.9. The molecule has 0 spiro atoms. The molecule has 0 saturated carbocycles. The van der Waals surface area contributed by atoms with Crippen molar-refractivity contribution in [1.82, 2.24) is 10.2 Å². The van der Waals surface area contributed by atoms with Gasteiger partial charge in [-0.2, -0.15) is 0 Å². The van der Waals surface area contributed by atoms with Gasteiger partial charge >= 0.3 is 0 Å². The predicted octanol–water partition coefficient (Wildman–Crippen LogP) is 1.65. The molecule has 0 radical (unpaired) electrons. The normalized spacial score (nSPS) is 14.8. The van der Waals surface area contributed by atoms with Gasteiger partial charge in [0, 0.05) is 18.8 Å². The Kier molecular flexibility index (Phi) is 4.79. The predicted molar refractivity (Wildman–Crippen MR) is 72.5 cm³/mol. The van der Waals surface area contributed by atoms with Crippen molar-refractivity contribution in [3.05, 3.63) is 35.6 Å². The van der Waals surface area contributed by atoms with E-state index in [-0.39, 0.29) is 23.5 Å². The van der Waals surface area contributed by atoms with Crippen molar-refractivity contribution >= 4 is 22.9 Å². The minimum absolute atomic E-state index is 0.0414. The molecule has 0 atom stereocenters. The largest absolute Gasteiger partial charge is 0.354 e. The summed E-state index contributed by atoms with van der Waals surface area (Å²) in [7, 11) is 0. The molecule has 102 valence electrons. The smallest absolute Gasteiger partial charge is 0.282 e. The van der Waals surface area contributed by atoms with Crippen LogP contribution in [0.15, 0.2) is 24.3 Å². The van der Waals surface area contributed by atoms with Crippen LogP contribution in [0.1, 0.15) is 5.56 Å². The number of carbonyl (C=O) groups excluding carboxylic acids is 2. The summed E-state index contributed by atoms with van der Waals surface area (Å²) in [6.45, 7) is 1.17. The quantitative estimate of drug-likeness (QED) is 0.893. The Hall–Kier alpha value is -1.56. The number of hydrogen-bond acceptors (Lipinski definition) is 3. The van der Waals surface area contributed by atoms with Crippen LogP contribution >= 0.6 is 11.8 Å². The van der Waals surface area contributed by atoms with E-state index in [1.54, 1.807) is 6.07 Å². The van der Waals surface area contributed by atoms with Crippen LogP contribution in [-0.2, 0) is 11.2 Å². The highest BCUT2D eigenvalue weighted by Gasteiger charge is 2.22. The number of thioether (sulfide) groups is 1. The third-order valence-corrected chi connectivity index (χ3v) is 3.70. The van der Waals surface area contributed by atoms with Crippen molar-refractivity contribution in [3.63, 3.8) is 0 Å². The molecule has 1 heterocycles. The molecule has 1 aromatic carbocycles. The highest BCUT2D eigenvalue weighted by atomic mass is 32.2. The molecule has 0 aromatic heterocycles. The number of rotatable bonds is 5. The second kappa shape index (κ2) is 6.56. The zero-order valence-electron chi connectivity index (χ0n) is 10.4. The summed E-state index contributed by atoms with van der Waals surface area (Å²) in [4.78, 5) is 24.5. The third-order valence-electron chi connectivity index (χ3n) is 2.80. The maximum absolute atomic E-state index is 12.9. The second-order valence-electron chi connectivity index (χ2n) is 4.27. The Labute approximate surface area is 115 Å². The fourth-order valence-corrected chi connectivity index (χ4v) is 2.66. The molecule has 2 rings (SSSR count). The molecule has 0 unspecified atom stereocenters. The molecule has 6 heteroatoms. The number of nitrogens with one attached hydrogen (secondary N) is 1. The summed E-state index contributed by atoms with van der Waals surface area (Å²) in [5.74, 6) is 0.297. The van der Waals surface area contributed by atoms with Gasteiger partial charge in [0.25, 0.3) is 5.24 Å². The zero-order chi connectivity index (χ0) is 13.7. The van der Waals surface area contributed by atoms with Crippen LogP contribution in [0.25, 0.3) is 0 Å². The van der Waals surface area contributed by atoms with Crippen molar-refractivity contribution in [3.8, 4) is 0 Å². The van der Waals surface area contributed by atoms with Gasteiger partial charge in [-0.25, -0.2) is 4.39 Å². The highest BCUT2D eigenvalue weighted by Crippen LogP contribution is 2.16. The Bertz CT molecular complexity index is 481. The van der Waals surface area contributed by atoms with E-state index in [9.17, 15) is 14.0 Å². The lowest BCUT2D eigenvalue weighted by Gasteiger charge is -2.13. The number of benzene rings is 1. The molecule has 1 fully saturated rings. The number of nitrogens with zero attached hydrogens (tertiary/aromatic N) is 1. The molecular weight excluding hydrogens is 267 g/mol.